The number of nitrogens with zero attached hydrogens (tertiary/aromatic N) is 1. The van der Waals surface area contributed by atoms with E-state index in [4.69, 9.17) is 0 Å². The highest BCUT2D eigenvalue weighted by molar-refractivity contribution is 7.89. The molecule has 0 bridgehead atoms. The summed E-state index contributed by atoms with van der Waals surface area (Å²) in [5, 5.41) is 9.36. The molecule has 0 radical (unpaired) electrons. The molecule has 0 unspecified atom stereocenters. The predicted octanol–water partition coefficient (Wildman–Crippen LogP) is 2.52. The van der Waals surface area contributed by atoms with Crippen molar-refractivity contribution >= 4 is 10.0 Å². The van der Waals surface area contributed by atoms with E-state index in [2.05, 4.69) is 0 Å². The van der Waals surface area contributed by atoms with Gasteiger partial charge >= 0.3 is 0 Å². The van der Waals surface area contributed by atoms with Crippen LogP contribution >= 0.6 is 0 Å². The third-order valence-corrected chi connectivity index (χ3v) is 7.21. The first kappa shape index (κ1) is 15.0. The SMILES string of the molecule is O=S(=O)(c1ccccc1CO)N1CCC2(CCCC2)CC1. The summed E-state index contributed by atoms with van der Waals surface area (Å²) in [6.45, 7) is 0.984. The zero-order valence-corrected chi connectivity index (χ0v) is 13.1. The molecule has 2 fully saturated rings. The van der Waals surface area contributed by atoms with Crippen molar-refractivity contribution in [2.45, 2.75) is 50.0 Å². The molecule has 1 aliphatic heterocycles. The number of rotatable bonds is 3. The number of benzene rings is 1. The molecule has 1 N–H and O–H groups in total. The van der Waals surface area contributed by atoms with E-state index in [1.807, 2.05) is 0 Å². The average Bonchev–Trinajstić information content (AvgIpc) is 2.96. The van der Waals surface area contributed by atoms with Crippen LogP contribution in [0.1, 0.15) is 44.1 Å². The van der Waals surface area contributed by atoms with Crippen LogP contribution in [0.3, 0.4) is 0 Å². The molecule has 5 heteroatoms. The third kappa shape index (κ3) is 2.74. The molecule has 0 atom stereocenters. The number of sulfonamides is 1. The highest BCUT2D eigenvalue weighted by Crippen LogP contribution is 2.46. The van der Waals surface area contributed by atoms with Crippen LogP contribution in [0.15, 0.2) is 29.2 Å². The fraction of sp³-hybridized carbons (Fsp3) is 0.625. The molecule has 1 aromatic carbocycles. The van der Waals surface area contributed by atoms with E-state index in [1.165, 1.54) is 25.7 Å². The molecule has 0 amide bonds. The minimum atomic E-state index is -3.48. The van der Waals surface area contributed by atoms with E-state index in [1.54, 1.807) is 28.6 Å². The Balaban J connectivity index is 1.80. The molecule has 1 aromatic rings. The lowest BCUT2D eigenvalue weighted by Gasteiger charge is -2.38. The van der Waals surface area contributed by atoms with Gasteiger partial charge in [0.05, 0.1) is 11.5 Å². The summed E-state index contributed by atoms with van der Waals surface area (Å²) in [6, 6.07) is 6.75. The Bertz CT molecular complexity index is 596. The zero-order valence-electron chi connectivity index (χ0n) is 12.3. The summed E-state index contributed by atoms with van der Waals surface area (Å²) >= 11 is 0. The van der Waals surface area contributed by atoms with E-state index < -0.39 is 10.0 Å². The Morgan fingerprint density at radius 1 is 1.05 bits per heavy atom. The van der Waals surface area contributed by atoms with Crippen molar-refractivity contribution in [2.24, 2.45) is 5.41 Å². The van der Waals surface area contributed by atoms with Crippen LogP contribution in [0.25, 0.3) is 0 Å². The smallest absolute Gasteiger partial charge is 0.243 e. The first-order chi connectivity index (χ1) is 10.1. The van der Waals surface area contributed by atoms with E-state index in [9.17, 15) is 13.5 Å². The Labute approximate surface area is 126 Å². The van der Waals surface area contributed by atoms with Crippen molar-refractivity contribution in [3.63, 3.8) is 0 Å². The van der Waals surface area contributed by atoms with E-state index in [-0.39, 0.29) is 11.5 Å². The van der Waals surface area contributed by atoms with Gasteiger partial charge in [0.15, 0.2) is 0 Å². The summed E-state index contributed by atoms with van der Waals surface area (Å²) in [5.41, 5.74) is 0.890. The normalized spacial score (nSPS) is 22.7. The third-order valence-electron chi connectivity index (χ3n) is 5.21. The highest BCUT2D eigenvalue weighted by Gasteiger charge is 2.40. The van der Waals surface area contributed by atoms with Gasteiger partial charge in [-0.05, 0) is 42.7 Å². The molecule has 1 saturated carbocycles. The molecule has 1 spiro atoms. The van der Waals surface area contributed by atoms with Crippen molar-refractivity contribution in [3.05, 3.63) is 29.8 Å². The quantitative estimate of drug-likeness (QED) is 0.933. The molecule has 1 saturated heterocycles. The van der Waals surface area contributed by atoms with Crippen molar-refractivity contribution < 1.29 is 13.5 Å². The van der Waals surface area contributed by atoms with Gasteiger partial charge in [-0.2, -0.15) is 4.31 Å². The molecular formula is C16H23NO3S. The number of hydrogen-bond acceptors (Lipinski definition) is 3. The molecule has 1 aliphatic carbocycles. The molecule has 116 valence electrons. The number of piperidine rings is 1. The van der Waals surface area contributed by atoms with Gasteiger partial charge in [0.25, 0.3) is 0 Å². The van der Waals surface area contributed by atoms with Crippen molar-refractivity contribution in [2.75, 3.05) is 13.1 Å². The van der Waals surface area contributed by atoms with Gasteiger partial charge in [-0.3, -0.25) is 0 Å². The maximum absolute atomic E-state index is 12.8. The molecule has 0 aromatic heterocycles. The topological polar surface area (TPSA) is 57.6 Å². The fourth-order valence-electron chi connectivity index (χ4n) is 3.85. The van der Waals surface area contributed by atoms with Gasteiger partial charge in [-0.1, -0.05) is 31.0 Å². The van der Waals surface area contributed by atoms with Crippen LogP contribution in [0.4, 0.5) is 0 Å². The second-order valence-corrected chi connectivity index (χ2v) is 8.28. The lowest BCUT2D eigenvalue weighted by Crippen LogP contribution is -2.42. The summed E-state index contributed by atoms with van der Waals surface area (Å²) < 4.78 is 27.2. The second-order valence-electron chi connectivity index (χ2n) is 6.38. The lowest BCUT2D eigenvalue weighted by atomic mass is 9.78. The first-order valence-corrected chi connectivity index (χ1v) is 9.20. The minimum absolute atomic E-state index is 0.243. The van der Waals surface area contributed by atoms with Gasteiger partial charge in [0.1, 0.15) is 0 Å². The molecular weight excluding hydrogens is 286 g/mol. The van der Waals surface area contributed by atoms with Crippen molar-refractivity contribution in [3.8, 4) is 0 Å². The van der Waals surface area contributed by atoms with Crippen LogP contribution in [-0.4, -0.2) is 30.9 Å². The maximum Gasteiger partial charge on any atom is 0.243 e. The van der Waals surface area contributed by atoms with E-state index >= 15 is 0 Å². The van der Waals surface area contributed by atoms with Gasteiger partial charge in [0.2, 0.25) is 10.0 Å². The van der Waals surface area contributed by atoms with Gasteiger partial charge in [-0.15, -0.1) is 0 Å². The fourth-order valence-corrected chi connectivity index (χ4v) is 5.51. The van der Waals surface area contributed by atoms with Crippen LogP contribution < -0.4 is 0 Å². The standard InChI is InChI=1S/C16H23NO3S/c18-13-14-5-1-2-6-15(14)21(19,20)17-11-9-16(10-12-17)7-3-4-8-16/h1-2,5-6,18H,3-4,7-13H2. The molecule has 3 rings (SSSR count). The van der Waals surface area contributed by atoms with Crippen molar-refractivity contribution in [1.29, 1.82) is 0 Å². The highest BCUT2D eigenvalue weighted by atomic mass is 32.2. The number of aliphatic hydroxyl groups is 1. The Morgan fingerprint density at radius 2 is 1.67 bits per heavy atom. The van der Waals surface area contributed by atoms with Crippen LogP contribution in [-0.2, 0) is 16.6 Å². The van der Waals surface area contributed by atoms with Gasteiger partial charge in [0, 0.05) is 13.1 Å². The van der Waals surface area contributed by atoms with E-state index in [0.717, 1.165) is 12.8 Å². The first-order valence-electron chi connectivity index (χ1n) is 7.76. The van der Waals surface area contributed by atoms with Crippen LogP contribution in [0, 0.1) is 5.41 Å². The summed E-state index contributed by atoms with van der Waals surface area (Å²) in [6.07, 6.45) is 7.06. The zero-order chi connectivity index (χ0) is 14.9. The predicted molar refractivity (Wildman–Crippen MR) is 81.3 cm³/mol. The monoisotopic (exact) mass is 309 g/mol. The minimum Gasteiger partial charge on any atom is -0.392 e. The van der Waals surface area contributed by atoms with Crippen LogP contribution in [0.5, 0.6) is 0 Å². The largest absolute Gasteiger partial charge is 0.392 e. The summed E-state index contributed by atoms with van der Waals surface area (Å²) in [7, 11) is -3.48. The maximum atomic E-state index is 12.8. The average molecular weight is 309 g/mol. The molecule has 1 heterocycles. The lowest BCUT2D eigenvalue weighted by molar-refractivity contribution is 0.160. The summed E-state index contributed by atoms with van der Waals surface area (Å²) in [4.78, 5) is 0.259. The Kier molecular flexibility index (Phi) is 4.08. The number of aliphatic hydroxyl groups excluding tert-OH is 1. The van der Waals surface area contributed by atoms with Crippen molar-refractivity contribution in [1.82, 2.24) is 4.31 Å². The summed E-state index contributed by atoms with van der Waals surface area (Å²) in [5.74, 6) is 0. The second kappa shape index (κ2) is 5.71. The Morgan fingerprint density at radius 3 is 2.29 bits per heavy atom. The molecule has 21 heavy (non-hydrogen) atoms. The van der Waals surface area contributed by atoms with Gasteiger partial charge in [-0.25, -0.2) is 8.42 Å². The van der Waals surface area contributed by atoms with Crippen LogP contribution in [0.2, 0.25) is 0 Å². The van der Waals surface area contributed by atoms with E-state index in [0.29, 0.717) is 24.1 Å². The molecule has 2 aliphatic rings. The molecule has 4 nitrogen and oxygen atoms in total. The Hall–Kier alpha value is -0.910. The van der Waals surface area contributed by atoms with Gasteiger partial charge < -0.3 is 5.11 Å². The number of hydrogen-bond donors (Lipinski definition) is 1.